The second-order valence-electron chi connectivity index (χ2n) is 3.78. The Hall–Kier alpha value is -1.85. The van der Waals surface area contributed by atoms with Crippen molar-refractivity contribution >= 4 is 11.8 Å². The number of rotatable bonds is 2. The molecule has 1 fully saturated rings. The Labute approximate surface area is 92.6 Å². The molecular weight excluding hydrogens is 210 g/mol. The van der Waals surface area contributed by atoms with Crippen LogP contribution in [0.15, 0.2) is 4.42 Å². The lowest BCUT2D eigenvalue weighted by molar-refractivity contribution is -0.141. The minimum absolute atomic E-state index is 0.0531. The van der Waals surface area contributed by atoms with Gasteiger partial charge in [0.25, 0.3) is 0 Å². The summed E-state index contributed by atoms with van der Waals surface area (Å²) in [7, 11) is 0. The van der Waals surface area contributed by atoms with Crippen LogP contribution < -0.4 is 5.32 Å². The van der Waals surface area contributed by atoms with Crippen molar-refractivity contribution in [2.24, 2.45) is 0 Å². The second kappa shape index (κ2) is 3.96. The molecular formula is C10H13N3O3. The molecule has 1 aromatic heterocycles. The normalized spacial score (nSPS) is 16.5. The molecule has 1 aromatic rings. The molecule has 0 bridgehead atoms. The zero-order chi connectivity index (χ0) is 11.7. The number of oxazole rings is 1. The van der Waals surface area contributed by atoms with Crippen molar-refractivity contribution in [2.45, 2.75) is 20.4 Å². The van der Waals surface area contributed by atoms with Gasteiger partial charge in [-0.1, -0.05) is 0 Å². The van der Waals surface area contributed by atoms with E-state index in [4.69, 9.17) is 4.42 Å². The Morgan fingerprint density at radius 3 is 2.81 bits per heavy atom. The van der Waals surface area contributed by atoms with Crippen LogP contribution in [-0.4, -0.2) is 34.8 Å². The van der Waals surface area contributed by atoms with Gasteiger partial charge in [-0.3, -0.25) is 9.59 Å². The van der Waals surface area contributed by atoms with Crippen LogP contribution in [0.1, 0.15) is 17.3 Å². The van der Waals surface area contributed by atoms with Gasteiger partial charge in [-0.05, 0) is 13.8 Å². The fourth-order valence-corrected chi connectivity index (χ4v) is 1.52. The molecule has 0 radical (unpaired) electrons. The number of aryl methyl sites for hydroxylation is 2. The number of nitrogens with zero attached hydrogens (tertiary/aromatic N) is 2. The van der Waals surface area contributed by atoms with Crippen LogP contribution >= 0.6 is 0 Å². The van der Waals surface area contributed by atoms with E-state index in [2.05, 4.69) is 10.3 Å². The van der Waals surface area contributed by atoms with E-state index in [-0.39, 0.29) is 31.4 Å². The van der Waals surface area contributed by atoms with Gasteiger partial charge >= 0.3 is 0 Å². The van der Waals surface area contributed by atoms with Crippen LogP contribution in [0.25, 0.3) is 0 Å². The maximum Gasteiger partial charge on any atom is 0.242 e. The number of hydrogen-bond acceptors (Lipinski definition) is 4. The molecule has 6 nitrogen and oxygen atoms in total. The summed E-state index contributed by atoms with van der Waals surface area (Å²) in [5.74, 6) is 0.940. The zero-order valence-corrected chi connectivity index (χ0v) is 9.24. The quantitative estimate of drug-likeness (QED) is 0.750. The second-order valence-corrected chi connectivity index (χ2v) is 3.78. The van der Waals surface area contributed by atoms with E-state index in [9.17, 15) is 9.59 Å². The topological polar surface area (TPSA) is 75.4 Å². The maximum absolute atomic E-state index is 11.5. The molecule has 0 aromatic carbocycles. The van der Waals surface area contributed by atoms with Crippen molar-refractivity contribution in [3.05, 3.63) is 17.3 Å². The fourth-order valence-electron chi connectivity index (χ4n) is 1.52. The summed E-state index contributed by atoms with van der Waals surface area (Å²) in [4.78, 5) is 28.2. The van der Waals surface area contributed by atoms with E-state index < -0.39 is 0 Å². The molecule has 1 aliphatic rings. The van der Waals surface area contributed by atoms with Crippen LogP contribution in [0, 0.1) is 13.8 Å². The maximum atomic E-state index is 11.5. The first kappa shape index (κ1) is 10.7. The predicted molar refractivity (Wildman–Crippen MR) is 54.4 cm³/mol. The third kappa shape index (κ3) is 2.05. The molecule has 0 unspecified atom stereocenters. The van der Waals surface area contributed by atoms with Gasteiger partial charge in [-0.25, -0.2) is 4.98 Å². The van der Waals surface area contributed by atoms with Gasteiger partial charge < -0.3 is 14.6 Å². The molecule has 0 atom stereocenters. The smallest absolute Gasteiger partial charge is 0.242 e. The molecule has 2 rings (SSSR count). The number of carbonyl (C=O) groups is 2. The van der Waals surface area contributed by atoms with Crippen molar-refractivity contribution in [3.63, 3.8) is 0 Å². The lowest BCUT2D eigenvalue weighted by Gasteiger charge is -2.25. The van der Waals surface area contributed by atoms with Crippen LogP contribution in [0.5, 0.6) is 0 Å². The number of hydrogen-bond donors (Lipinski definition) is 1. The first-order valence-electron chi connectivity index (χ1n) is 5.03. The molecule has 6 heteroatoms. The number of nitrogens with one attached hydrogen (secondary N) is 1. The van der Waals surface area contributed by atoms with Crippen LogP contribution in [0.4, 0.5) is 0 Å². The average molecular weight is 223 g/mol. The van der Waals surface area contributed by atoms with E-state index in [0.29, 0.717) is 5.89 Å². The molecule has 1 saturated heterocycles. The monoisotopic (exact) mass is 223 g/mol. The number of piperazine rings is 1. The highest BCUT2D eigenvalue weighted by Gasteiger charge is 2.24. The summed E-state index contributed by atoms with van der Waals surface area (Å²) in [6, 6.07) is 0. The van der Waals surface area contributed by atoms with Crippen LogP contribution in [0.2, 0.25) is 0 Å². The minimum atomic E-state index is -0.153. The number of carbonyl (C=O) groups excluding carboxylic acids is 2. The minimum Gasteiger partial charge on any atom is -0.444 e. The fraction of sp³-hybridized carbons (Fsp3) is 0.500. The Kier molecular flexibility index (Phi) is 2.64. The highest BCUT2D eigenvalue weighted by Crippen LogP contribution is 2.11. The van der Waals surface area contributed by atoms with Gasteiger partial charge in [-0.2, -0.15) is 0 Å². The molecule has 2 amide bonds. The summed E-state index contributed by atoms with van der Waals surface area (Å²) in [5.41, 5.74) is 0.809. The molecule has 16 heavy (non-hydrogen) atoms. The zero-order valence-electron chi connectivity index (χ0n) is 9.24. The van der Waals surface area contributed by atoms with Gasteiger partial charge in [0.1, 0.15) is 12.3 Å². The largest absolute Gasteiger partial charge is 0.444 e. The number of aromatic nitrogens is 1. The summed E-state index contributed by atoms with van der Waals surface area (Å²) < 4.78 is 5.36. The molecule has 1 N–H and O–H groups in total. The summed E-state index contributed by atoms with van der Waals surface area (Å²) in [6.07, 6.45) is 0. The lowest BCUT2D eigenvalue weighted by Crippen LogP contribution is -2.51. The molecule has 0 saturated carbocycles. The summed E-state index contributed by atoms with van der Waals surface area (Å²) in [5, 5.41) is 2.48. The third-order valence-corrected chi connectivity index (χ3v) is 2.52. The Bertz CT molecular complexity index is 419. The number of amides is 2. The SMILES string of the molecule is Cc1nc(CN2CC(=O)NCC2=O)oc1C. The molecule has 0 spiro atoms. The molecule has 1 aliphatic heterocycles. The Balaban J connectivity index is 2.08. The Morgan fingerprint density at radius 1 is 1.44 bits per heavy atom. The van der Waals surface area contributed by atoms with E-state index in [1.54, 1.807) is 0 Å². The van der Waals surface area contributed by atoms with Crippen molar-refractivity contribution in [3.8, 4) is 0 Å². The van der Waals surface area contributed by atoms with Crippen molar-refractivity contribution < 1.29 is 14.0 Å². The van der Waals surface area contributed by atoms with Crippen LogP contribution in [-0.2, 0) is 16.1 Å². The van der Waals surface area contributed by atoms with Crippen molar-refractivity contribution in [2.75, 3.05) is 13.1 Å². The van der Waals surface area contributed by atoms with E-state index in [1.165, 1.54) is 4.90 Å². The molecule has 2 heterocycles. The first-order chi connectivity index (χ1) is 7.56. The Morgan fingerprint density at radius 2 is 2.19 bits per heavy atom. The van der Waals surface area contributed by atoms with Gasteiger partial charge in [0.05, 0.1) is 18.8 Å². The van der Waals surface area contributed by atoms with Gasteiger partial charge in [0.15, 0.2) is 0 Å². The standard InChI is InChI=1S/C10H13N3O3/c1-6-7(2)16-9(12-6)5-13-4-8(14)11-3-10(13)15/h3-5H2,1-2H3,(H,11,14). The van der Waals surface area contributed by atoms with E-state index >= 15 is 0 Å². The molecule has 0 aliphatic carbocycles. The van der Waals surface area contributed by atoms with E-state index in [1.807, 2.05) is 13.8 Å². The summed E-state index contributed by atoms with van der Waals surface area (Å²) in [6.45, 7) is 4.03. The van der Waals surface area contributed by atoms with Crippen molar-refractivity contribution in [1.29, 1.82) is 0 Å². The van der Waals surface area contributed by atoms with Gasteiger partial charge in [-0.15, -0.1) is 0 Å². The van der Waals surface area contributed by atoms with Gasteiger partial charge in [0.2, 0.25) is 17.7 Å². The van der Waals surface area contributed by atoms with Crippen LogP contribution in [0.3, 0.4) is 0 Å². The predicted octanol–water partition coefficient (Wildman–Crippen LogP) is -0.250. The van der Waals surface area contributed by atoms with Crippen molar-refractivity contribution in [1.82, 2.24) is 15.2 Å². The average Bonchev–Trinajstić information content (AvgIpc) is 2.52. The highest BCUT2D eigenvalue weighted by molar-refractivity contribution is 5.92. The summed E-state index contributed by atoms with van der Waals surface area (Å²) >= 11 is 0. The lowest BCUT2D eigenvalue weighted by atomic mass is 10.3. The first-order valence-corrected chi connectivity index (χ1v) is 5.03. The third-order valence-electron chi connectivity index (χ3n) is 2.52. The van der Waals surface area contributed by atoms with E-state index in [0.717, 1.165) is 11.5 Å². The van der Waals surface area contributed by atoms with Gasteiger partial charge in [0, 0.05) is 0 Å². The molecule has 86 valence electrons. The highest BCUT2D eigenvalue weighted by atomic mass is 16.4.